The van der Waals surface area contributed by atoms with E-state index in [0.29, 0.717) is 17.5 Å². The molecule has 0 bridgehead atoms. The third-order valence-corrected chi connectivity index (χ3v) is 9.24. The van der Waals surface area contributed by atoms with Gasteiger partial charge in [0.25, 0.3) is 0 Å². The SMILES string of the molecule is [Ir].[c-]1ccc(-c2nc(-c3cccc(-c4ccccc4)c3)nc(-c3cc(-c4ccccc4)cc(-c4ccccc4)c3)n2)cc1-c1cc2ccccc2cn1. The molecular weight excluding hydrogens is 825 g/mol. The number of nitrogens with zero attached hydrogens (tertiary/aromatic N) is 4. The fraction of sp³-hybridized carbons (Fsp3) is 0. The molecule has 0 atom stereocenters. The normalized spacial score (nSPS) is 10.9. The first-order valence-corrected chi connectivity index (χ1v) is 17.3. The molecule has 0 unspecified atom stereocenters. The van der Waals surface area contributed by atoms with E-state index in [1.54, 1.807) is 0 Å². The van der Waals surface area contributed by atoms with Gasteiger partial charge in [0.2, 0.25) is 0 Å². The van der Waals surface area contributed by atoms with Gasteiger partial charge in [0, 0.05) is 37.4 Å². The zero-order valence-corrected chi connectivity index (χ0v) is 30.9. The Balaban J connectivity index is 0.00000400. The zero-order chi connectivity index (χ0) is 34.7. The van der Waals surface area contributed by atoms with Crippen LogP contribution in [0.4, 0.5) is 0 Å². The summed E-state index contributed by atoms with van der Waals surface area (Å²) in [5.41, 5.74) is 11.0. The molecule has 5 heteroatoms. The number of aromatic nitrogens is 4. The average molecular weight is 856 g/mol. The van der Waals surface area contributed by atoms with Crippen LogP contribution in [0.15, 0.2) is 188 Å². The minimum atomic E-state index is 0. The summed E-state index contributed by atoms with van der Waals surface area (Å²) in [6, 6.07) is 66.0. The first kappa shape index (κ1) is 33.7. The quantitative estimate of drug-likeness (QED) is 0.150. The van der Waals surface area contributed by atoms with E-state index in [0.717, 1.165) is 72.1 Å². The van der Waals surface area contributed by atoms with E-state index < -0.39 is 0 Å². The van der Waals surface area contributed by atoms with Crippen LogP contribution in [0.2, 0.25) is 0 Å². The summed E-state index contributed by atoms with van der Waals surface area (Å²) in [6.45, 7) is 0. The van der Waals surface area contributed by atoms with E-state index in [1.165, 1.54) is 0 Å². The Hall–Kier alpha value is -6.39. The first-order valence-electron chi connectivity index (χ1n) is 17.3. The fourth-order valence-electron chi connectivity index (χ4n) is 6.57. The van der Waals surface area contributed by atoms with Crippen molar-refractivity contribution in [3.63, 3.8) is 0 Å². The maximum atomic E-state index is 5.18. The van der Waals surface area contributed by atoms with Crippen molar-refractivity contribution in [3.8, 4) is 78.8 Å². The van der Waals surface area contributed by atoms with Crippen molar-refractivity contribution in [2.75, 3.05) is 0 Å². The topological polar surface area (TPSA) is 51.6 Å². The van der Waals surface area contributed by atoms with Crippen LogP contribution in [0, 0.1) is 6.07 Å². The van der Waals surface area contributed by atoms with Crippen molar-refractivity contribution in [2.45, 2.75) is 0 Å². The van der Waals surface area contributed by atoms with E-state index in [2.05, 4.69) is 146 Å². The molecule has 0 N–H and O–H groups in total. The second-order valence-corrected chi connectivity index (χ2v) is 12.7. The third kappa shape index (κ3) is 7.22. The molecule has 0 saturated heterocycles. The summed E-state index contributed by atoms with van der Waals surface area (Å²) in [5, 5.41) is 2.22. The van der Waals surface area contributed by atoms with E-state index in [1.807, 2.05) is 48.7 Å². The van der Waals surface area contributed by atoms with Crippen molar-refractivity contribution < 1.29 is 20.1 Å². The van der Waals surface area contributed by atoms with Crippen LogP contribution in [0.25, 0.3) is 89.6 Å². The fourth-order valence-corrected chi connectivity index (χ4v) is 6.57. The minimum absolute atomic E-state index is 0. The Morgan fingerprint density at radius 3 is 1.42 bits per heavy atom. The average Bonchev–Trinajstić information content (AvgIpc) is 3.24. The van der Waals surface area contributed by atoms with Crippen LogP contribution in [-0.4, -0.2) is 19.9 Å². The Kier molecular flexibility index (Phi) is 9.59. The van der Waals surface area contributed by atoms with Gasteiger partial charge in [-0.25, -0.2) is 15.0 Å². The molecule has 253 valence electrons. The molecule has 1 radical (unpaired) electrons. The number of benzene rings is 7. The van der Waals surface area contributed by atoms with Crippen molar-refractivity contribution in [1.29, 1.82) is 0 Å². The Morgan fingerprint density at radius 2 is 0.792 bits per heavy atom. The smallest absolute Gasteiger partial charge is 0.164 e. The van der Waals surface area contributed by atoms with Crippen LogP contribution in [-0.2, 0) is 20.1 Å². The molecule has 9 aromatic rings. The molecule has 7 aromatic carbocycles. The van der Waals surface area contributed by atoms with Crippen LogP contribution in [0.3, 0.4) is 0 Å². The van der Waals surface area contributed by atoms with E-state index in [9.17, 15) is 0 Å². The van der Waals surface area contributed by atoms with Gasteiger partial charge in [0.1, 0.15) is 5.82 Å². The predicted molar refractivity (Wildman–Crippen MR) is 212 cm³/mol. The molecule has 2 heterocycles. The first-order chi connectivity index (χ1) is 25.7. The maximum Gasteiger partial charge on any atom is 0.164 e. The number of fused-ring (bicyclic) bond motifs is 1. The number of pyridine rings is 1. The second kappa shape index (κ2) is 15.1. The molecule has 0 spiro atoms. The number of hydrogen-bond donors (Lipinski definition) is 0. The van der Waals surface area contributed by atoms with Crippen molar-refractivity contribution in [2.24, 2.45) is 0 Å². The van der Waals surface area contributed by atoms with Crippen molar-refractivity contribution >= 4 is 10.8 Å². The molecule has 0 amide bonds. The summed E-state index contributed by atoms with van der Waals surface area (Å²) < 4.78 is 0. The van der Waals surface area contributed by atoms with Crippen LogP contribution < -0.4 is 0 Å². The standard InChI is InChI=1S/C48H31N4.Ir/c1-4-14-33(15-5-1)36-22-12-24-39(26-36)46-50-47(40-25-13-23-38(27-40)45-31-37-20-10-11-21-41(37)32-49-45)52-48(51-46)44-29-42(34-16-6-2-7-17-34)28-43(30-44)35-18-8-3-9-19-35;/h1-22,24-32H;/q-1;. The number of hydrogen-bond acceptors (Lipinski definition) is 4. The van der Waals surface area contributed by atoms with E-state index in [-0.39, 0.29) is 20.1 Å². The zero-order valence-electron chi connectivity index (χ0n) is 28.5. The summed E-state index contributed by atoms with van der Waals surface area (Å²) >= 11 is 0. The van der Waals surface area contributed by atoms with Crippen LogP contribution in [0.5, 0.6) is 0 Å². The molecule has 0 aliphatic carbocycles. The molecular formula is C48H31IrN4-. The molecule has 0 aliphatic rings. The maximum absolute atomic E-state index is 5.18. The predicted octanol–water partition coefficient (Wildman–Crippen LogP) is 11.9. The Labute approximate surface area is 322 Å². The molecule has 4 nitrogen and oxygen atoms in total. The minimum Gasteiger partial charge on any atom is -0.304 e. The molecule has 0 aliphatic heterocycles. The summed E-state index contributed by atoms with van der Waals surface area (Å²) in [6.07, 6.45) is 1.91. The van der Waals surface area contributed by atoms with Gasteiger partial charge in [-0.15, -0.1) is 29.8 Å². The molecule has 0 saturated carbocycles. The summed E-state index contributed by atoms with van der Waals surface area (Å²) in [7, 11) is 0. The van der Waals surface area contributed by atoms with E-state index in [4.69, 9.17) is 19.9 Å². The monoisotopic (exact) mass is 856 g/mol. The van der Waals surface area contributed by atoms with E-state index >= 15 is 0 Å². The van der Waals surface area contributed by atoms with Gasteiger partial charge in [0.15, 0.2) is 11.6 Å². The van der Waals surface area contributed by atoms with Gasteiger partial charge < -0.3 is 4.98 Å². The largest absolute Gasteiger partial charge is 0.304 e. The molecule has 0 fully saturated rings. The summed E-state index contributed by atoms with van der Waals surface area (Å²) in [4.78, 5) is 20.3. The third-order valence-electron chi connectivity index (χ3n) is 9.24. The molecule has 53 heavy (non-hydrogen) atoms. The van der Waals surface area contributed by atoms with Crippen LogP contribution in [0.1, 0.15) is 0 Å². The van der Waals surface area contributed by atoms with Gasteiger partial charge in [-0.1, -0.05) is 145 Å². The van der Waals surface area contributed by atoms with Crippen molar-refractivity contribution in [3.05, 3.63) is 194 Å². The second-order valence-electron chi connectivity index (χ2n) is 12.7. The number of rotatable bonds is 7. The van der Waals surface area contributed by atoms with Crippen molar-refractivity contribution in [1.82, 2.24) is 19.9 Å². The molecule has 2 aromatic heterocycles. The van der Waals surface area contributed by atoms with Crippen LogP contribution >= 0.6 is 0 Å². The van der Waals surface area contributed by atoms with Gasteiger partial charge in [-0.05, 0) is 74.1 Å². The molecule has 9 rings (SSSR count). The Bertz CT molecular complexity index is 2620. The Morgan fingerprint density at radius 1 is 0.340 bits per heavy atom. The van der Waals surface area contributed by atoms with Gasteiger partial charge in [-0.3, -0.25) is 0 Å². The van der Waals surface area contributed by atoms with Gasteiger partial charge >= 0.3 is 0 Å². The van der Waals surface area contributed by atoms with Gasteiger partial charge in [-0.2, -0.15) is 0 Å². The van der Waals surface area contributed by atoms with Gasteiger partial charge in [0.05, 0.1) is 0 Å². The summed E-state index contributed by atoms with van der Waals surface area (Å²) in [5.74, 6) is 1.77.